The lowest BCUT2D eigenvalue weighted by atomic mass is 9.66. The number of hydrogen-bond donors (Lipinski definition) is 2. The number of carbonyl (C=O) groups is 2. The normalized spacial score (nSPS) is 20.8. The molecule has 0 saturated heterocycles. The molecule has 1 aromatic carbocycles. The Morgan fingerprint density at radius 1 is 1.23 bits per heavy atom. The summed E-state index contributed by atoms with van der Waals surface area (Å²) in [6, 6.07) is 6.49. The smallest absolute Gasteiger partial charge is 0.310 e. The van der Waals surface area contributed by atoms with Gasteiger partial charge in [0, 0.05) is 18.4 Å². The van der Waals surface area contributed by atoms with Crippen LogP contribution in [0.15, 0.2) is 24.3 Å². The van der Waals surface area contributed by atoms with Gasteiger partial charge in [0.1, 0.15) is 5.82 Å². The van der Waals surface area contributed by atoms with E-state index in [2.05, 4.69) is 5.32 Å². The molecule has 0 atom stereocenters. The van der Waals surface area contributed by atoms with Crippen LogP contribution in [0.25, 0.3) is 0 Å². The highest BCUT2D eigenvalue weighted by molar-refractivity contribution is 5.85. The minimum Gasteiger partial charge on any atom is -0.481 e. The second-order valence-electron chi connectivity index (χ2n) is 6.68. The van der Waals surface area contributed by atoms with Gasteiger partial charge in [0.15, 0.2) is 0 Å². The highest BCUT2D eigenvalue weighted by atomic mass is 19.1. The second kappa shape index (κ2) is 5.38. The van der Waals surface area contributed by atoms with Crippen LogP contribution in [0.5, 0.6) is 0 Å². The molecule has 3 rings (SSSR count). The monoisotopic (exact) mass is 305 g/mol. The SMILES string of the molecule is O=C(CC1(C(=O)O)CCC1)NCC1(c2cccc(F)c2)CC1. The van der Waals surface area contributed by atoms with Crippen molar-refractivity contribution in [1.82, 2.24) is 5.32 Å². The van der Waals surface area contributed by atoms with Gasteiger partial charge in [-0.3, -0.25) is 9.59 Å². The maximum Gasteiger partial charge on any atom is 0.310 e. The van der Waals surface area contributed by atoms with Crippen LogP contribution in [0.2, 0.25) is 0 Å². The van der Waals surface area contributed by atoms with E-state index in [-0.39, 0.29) is 23.6 Å². The zero-order valence-electron chi connectivity index (χ0n) is 12.4. The molecule has 0 spiro atoms. The van der Waals surface area contributed by atoms with E-state index >= 15 is 0 Å². The summed E-state index contributed by atoms with van der Waals surface area (Å²) in [5.41, 5.74) is -0.127. The Labute approximate surface area is 128 Å². The average Bonchev–Trinajstić information content (AvgIpc) is 3.21. The third-order valence-electron chi connectivity index (χ3n) is 5.18. The Bertz CT molecular complexity index is 606. The van der Waals surface area contributed by atoms with Crippen molar-refractivity contribution in [2.24, 2.45) is 5.41 Å². The summed E-state index contributed by atoms with van der Waals surface area (Å²) >= 11 is 0. The van der Waals surface area contributed by atoms with Crippen molar-refractivity contribution in [2.45, 2.75) is 43.9 Å². The highest BCUT2D eigenvalue weighted by Crippen LogP contribution is 2.48. The van der Waals surface area contributed by atoms with Crippen molar-refractivity contribution in [1.29, 1.82) is 0 Å². The van der Waals surface area contributed by atoms with Crippen molar-refractivity contribution in [3.8, 4) is 0 Å². The third kappa shape index (κ3) is 2.72. The van der Waals surface area contributed by atoms with Crippen molar-refractivity contribution in [3.05, 3.63) is 35.6 Å². The standard InChI is InChI=1S/C17H20FNO3/c18-13-4-1-3-12(9-13)17(7-8-17)11-19-14(20)10-16(15(21)22)5-2-6-16/h1,3-4,9H,2,5-8,10-11H2,(H,19,20)(H,21,22). The number of nitrogens with one attached hydrogen (secondary N) is 1. The summed E-state index contributed by atoms with van der Waals surface area (Å²) in [5.74, 6) is -1.36. The molecule has 2 saturated carbocycles. The van der Waals surface area contributed by atoms with E-state index < -0.39 is 11.4 Å². The first-order valence-electron chi connectivity index (χ1n) is 7.72. The van der Waals surface area contributed by atoms with Crippen LogP contribution in [0.4, 0.5) is 4.39 Å². The van der Waals surface area contributed by atoms with Gasteiger partial charge in [-0.25, -0.2) is 4.39 Å². The summed E-state index contributed by atoms with van der Waals surface area (Å²) in [5, 5.41) is 12.1. The molecule has 2 N–H and O–H groups in total. The molecule has 1 aromatic rings. The van der Waals surface area contributed by atoms with E-state index in [9.17, 15) is 19.1 Å². The Balaban J connectivity index is 1.58. The molecule has 0 radical (unpaired) electrons. The lowest BCUT2D eigenvalue weighted by Gasteiger charge is -2.37. The Hall–Kier alpha value is -1.91. The molecule has 2 aliphatic carbocycles. The molecule has 4 nitrogen and oxygen atoms in total. The molecule has 118 valence electrons. The van der Waals surface area contributed by atoms with Gasteiger partial charge in [-0.1, -0.05) is 18.6 Å². The number of halogens is 1. The summed E-state index contributed by atoms with van der Waals surface area (Å²) in [6.07, 6.45) is 3.89. The number of benzene rings is 1. The zero-order chi connectivity index (χ0) is 15.8. The molecular formula is C17H20FNO3. The first kappa shape index (κ1) is 15.0. The molecule has 5 heteroatoms. The fraction of sp³-hybridized carbons (Fsp3) is 0.529. The van der Waals surface area contributed by atoms with Crippen molar-refractivity contribution < 1.29 is 19.1 Å². The first-order chi connectivity index (χ1) is 10.5. The van der Waals surface area contributed by atoms with Crippen LogP contribution in [0.3, 0.4) is 0 Å². The highest BCUT2D eigenvalue weighted by Gasteiger charge is 2.47. The molecule has 0 bridgehead atoms. The summed E-state index contributed by atoms with van der Waals surface area (Å²) in [7, 11) is 0. The molecule has 0 aromatic heterocycles. The molecule has 0 unspecified atom stereocenters. The second-order valence-corrected chi connectivity index (χ2v) is 6.68. The van der Waals surface area contributed by atoms with E-state index in [0.717, 1.165) is 24.8 Å². The number of carboxylic acid groups (broad SMARTS) is 1. The fourth-order valence-electron chi connectivity index (χ4n) is 3.24. The van der Waals surface area contributed by atoms with Crippen molar-refractivity contribution in [3.63, 3.8) is 0 Å². The van der Waals surface area contributed by atoms with Crippen molar-refractivity contribution in [2.75, 3.05) is 6.54 Å². The number of rotatable bonds is 6. The summed E-state index contributed by atoms with van der Waals surface area (Å²) < 4.78 is 13.3. The van der Waals surface area contributed by atoms with Crippen molar-refractivity contribution >= 4 is 11.9 Å². The molecule has 22 heavy (non-hydrogen) atoms. The van der Waals surface area contributed by atoms with Crippen LogP contribution in [-0.4, -0.2) is 23.5 Å². The van der Waals surface area contributed by atoms with Gasteiger partial charge < -0.3 is 10.4 Å². The van der Waals surface area contributed by atoms with Gasteiger partial charge in [0.05, 0.1) is 5.41 Å². The average molecular weight is 305 g/mol. The zero-order valence-corrected chi connectivity index (χ0v) is 12.4. The van der Waals surface area contributed by atoms with E-state index in [1.165, 1.54) is 12.1 Å². The number of carbonyl (C=O) groups excluding carboxylic acids is 1. The maximum atomic E-state index is 13.3. The van der Waals surface area contributed by atoms with E-state index in [4.69, 9.17) is 0 Å². The first-order valence-corrected chi connectivity index (χ1v) is 7.72. The Morgan fingerprint density at radius 2 is 1.95 bits per heavy atom. The lowest BCUT2D eigenvalue weighted by molar-refractivity contribution is -0.157. The Morgan fingerprint density at radius 3 is 2.45 bits per heavy atom. The largest absolute Gasteiger partial charge is 0.481 e. The molecule has 0 heterocycles. The Kier molecular flexibility index (Phi) is 3.67. The third-order valence-corrected chi connectivity index (χ3v) is 5.18. The molecule has 2 fully saturated rings. The van der Waals surface area contributed by atoms with Gasteiger partial charge in [-0.2, -0.15) is 0 Å². The quantitative estimate of drug-likeness (QED) is 0.849. The van der Waals surface area contributed by atoms with E-state index in [1.807, 2.05) is 6.07 Å². The van der Waals surface area contributed by atoms with Gasteiger partial charge in [-0.05, 0) is 43.4 Å². The molecule has 0 aliphatic heterocycles. The van der Waals surface area contributed by atoms with Gasteiger partial charge in [0.25, 0.3) is 0 Å². The minimum absolute atomic E-state index is 0.0432. The number of amides is 1. The predicted octanol–water partition coefficient (Wildman–Crippen LogP) is 2.62. The topological polar surface area (TPSA) is 66.4 Å². The molecular weight excluding hydrogens is 285 g/mol. The van der Waals surface area contributed by atoms with Gasteiger partial charge in [-0.15, -0.1) is 0 Å². The van der Waals surface area contributed by atoms with Gasteiger partial charge in [0.2, 0.25) is 5.91 Å². The van der Waals surface area contributed by atoms with Crippen LogP contribution >= 0.6 is 0 Å². The van der Waals surface area contributed by atoms with Crippen LogP contribution in [-0.2, 0) is 15.0 Å². The molecule has 1 amide bonds. The lowest BCUT2D eigenvalue weighted by Crippen LogP contribution is -2.43. The van der Waals surface area contributed by atoms with E-state index in [1.54, 1.807) is 6.07 Å². The van der Waals surface area contributed by atoms with Crippen LogP contribution in [0, 0.1) is 11.2 Å². The number of aliphatic carboxylic acids is 1. The van der Waals surface area contributed by atoms with E-state index in [0.29, 0.717) is 19.4 Å². The summed E-state index contributed by atoms with van der Waals surface area (Å²) in [6.45, 7) is 0.449. The molecule has 2 aliphatic rings. The van der Waals surface area contributed by atoms with Gasteiger partial charge >= 0.3 is 5.97 Å². The fourth-order valence-corrected chi connectivity index (χ4v) is 3.24. The van der Waals surface area contributed by atoms with Crippen LogP contribution in [0.1, 0.15) is 44.1 Å². The summed E-state index contributed by atoms with van der Waals surface area (Å²) in [4.78, 5) is 23.4. The minimum atomic E-state index is -0.875. The maximum absolute atomic E-state index is 13.3. The number of carboxylic acids is 1. The van der Waals surface area contributed by atoms with Crippen LogP contribution < -0.4 is 5.32 Å². The number of hydrogen-bond acceptors (Lipinski definition) is 2. The predicted molar refractivity (Wildman–Crippen MR) is 78.9 cm³/mol.